The molecule has 0 spiro atoms. The van der Waals surface area contributed by atoms with E-state index in [9.17, 15) is 4.79 Å². The summed E-state index contributed by atoms with van der Waals surface area (Å²) in [4.78, 5) is 14.6. The molecule has 0 aromatic carbocycles. The van der Waals surface area contributed by atoms with Crippen LogP contribution >= 0.6 is 12.2 Å². The number of fused-ring (bicyclic) bond motifs is 1. The fraction of sp³-hybridized carbons (Fsp3) is 0.636. The minimum absolute atomic E-state index is 0.0520. The van der Waals surface area contributed by atoms with Crippen LogP contribution in [0.1, 0.15) is 30.6 Å². The van der Waals surface area contributed by atoms with Crippen molar-refractivity contribution in [3.63, 3.8) is 0 Å². The van der Waals surface area contributed by atoms with Gasteiger partial charge in [0.05, 0.1) is 12.6 Å². The lowest BCUT2D eigenvalue weighted by molar-refractivity contribution is 0.159. The van der Waals surface area contributed by atoms with E-state index in [4.69, 9.17) is 17.0 Å². The van der Waals surface area contributed by atoms with Gasteiger partial charge < -0.3 is 4.74 Å². The maximum atomic E-state index is 11.9. The Bertz CT molecular complexity index is 504. The van der Waals surface area contributed by atoms with Crippen LogP contribution in [0.15, 0.2) is 4.79 Å². The predicted molar refractivity (Wildman–Crippen MR) is 64.5 cm³/mol. The number of aromatic amines is 1. The summed E-state index contributed by atoms with van der Waals surface area (Å²) in [7, 11) is 1.65. The monoisotopic (exact) mass is 240 g/mol. The molecule has 0 fully saturated rings. The molecule has 16 heavy (non-hydrogen) atoms. The van der Waals surface area contributed by atoms with E-state index >= 15 is 0 Å². The number of ether oxygens (including phenoxy) is 1. The molecule has 0 aliphatic heterocycles. The second kappa shape index (κ2) is 4.51. The highest BCUT2D eigenvalue weighted by Crippen LogP contribution is 2.22. The average Bonchev–Trinajstić information content (AvgIpc) is 2.66. The number of nitrogens with zero attached hydrogens (tertiary/aromatic N) is 1. The van der Waals surface area contributed by atoms with Gasteiger partial charge in [-0.05, 0) is 26.2 Å². The van der Waals surface area contributed by atoms with Crippen LogP contribution in [0.25, 0.3) is 0 Å². The molecule has 0 unspecified atom stereocenters. The summed E-state index contributed by atoms with van der Waals surface area (Å²) < 4.78 is 7.51. The van der Waals surface area contributed by atoms with Crippen LogP contribution < -0.4 is 5.69 Å². The lowest BCUT2D eigenvalue weighted by Gasteiger charge is -2.18. The second-order valence-electron chi connectivity index (χ2n) is 4.21. The van der Waals surface area contributed by atoms with Crippen molar-refractivity contribution in [3.8, 4) is 0 Å². The van der Waals surface area contributed by atoms with Gasteiger partial charge in [0.25, 0.3) is 0 Å². The Labute approximate surface area is 99.3 Å². The first kappa shape index (κ1) is 11.5. The van der Waals surface area contributed by atoms with Crippen LogP contribution in [0, 0.1) is 4.64 Å². The number of methoxy groups -OCH3 is 1. The molecule has 1 aliphatic carbocycles. The first-order chi connectivity index (χ1) is 7.65. The highest BCUT2D eigenvalue weighted by atomic mass is 32.1. The molecule has 88 valence electrons. The minimum atomic E-state index is -0.116. The number of rotatable bonds is 3. The maximum absolute atomic E-state index is 11.9. The van der Waals surface area contributed by atoms with Gasteiger partial charge in [-0.2, -0.15) is 0 Å². The molecule has 1 N–H and O–H groups in total. The van der Waals surface area contributed by atoms with Gasteiger partial charge in [0, 0.05) is 18.4 Å². The van der Waals surface area contributed by atoms with E-state index in [1.54, 1.807) is 11.7 Å². The summed E-state index contributed by atoms with van der Waals surface area (Å²) in [5, 5.41) is 0. The topological polar surface area (TPSA) is 47.0 Å². The number of aromatic nitrogens is 2. The molecule has 4 nitrogen and oxygen atoms in total. The summed E-state index contributed by atoms with van der Waals surface area (Å²) >= 11 is 5.18. The first-order valence-corrected chi connectivity index (χ1v) is 5.91. The largest absolute Gasteiger partial charge is 0.383 e. The van der Waals surface area contributed by atoms with Gasteiger partial charge in [-0.25, -0.2) is 4.79 Å². The normalized spacial score (nSPS) is 16.1. The minimum Gasteiger partial charge on any atom is -0.383 e. The van der Waals surface area contributed by atoms with Crippen molar-refractivity contribution in [1.29, 1.82) is 0 Å². The number of hydrogen-bond donors (Lipinski definition) is 1. The lowest BCUT2D eigenvalue weighted by Crippen LogP contribution is -2.31. The van der Waals surface area contributed by atoms with Crippen LogP contribution in [-0.2, 0) is 17.6 Å². The van der Waals surface area contributed by atoms with Crippen molar-refractivity contribution in [1.82, 2.24) is 9.55 Å². The molecule has 0 saturated heterocycles. The molecule has 1 heterocycles. The molecule has 2 rings (SSSR count). The molecule has 1 aromatic rings. The molecular formula is C11H16N2O2S. The van der Waals surface area contributed by atoms with Gasteiger partial charge in [-0.3, -0.25) is 9.55 Å². The van der Waals surface area contributed by atoms with Gasteiger partial charge in [0.1, 0.15) is 4.64 Å². The van der Waals surface area contributed by atoms with Crippen LogP contribution in [0.4, 0.5) is 0 Å². The number of H-pyrrole nitrogens is 1. The van der Waals surface area contributed by atoms with Crippen LogP contribution in [0.3, 0.4) is 0 Å². The Kier molecular flexibility index (Phi) is 3.25. The third kappa shape index (κ3) is 1.85. The van der Waals surface area contributed by atoms with E-state index in [1.807, 2.05) is 6.92 Å². The van der Waals surface area contributed by atoms with Crippen molar-refractivity contribution >= 4 is 12.2 Å². The Morgan fingerprint density at radius 1 is 1.56 bits per heavy atom. The molecule has 1 aliphatic rings. The Morgan fingerprint density at radius 3 is 3.00 bits per heavy atom. The fourth-order valence-corrected chi connectivity index (χ4v) is 2.68. The fourth-order valence-electron chi connectivity index (χ4n) is 2.38. The molecule has 0 bridgehead atoms. The second-order valence-corrected chi connectivity index (χ2v) is 4.62. The Morgan fingerprint density at radius 2 is 2.31 bits per heavy atom. The average molecular weight is 240 g/mol. The number of hydrogen-bond acceptors (Lipinski definition) is 3. The van der Waals surface area contributed by atoms with E-state index < -0.39 is 0 Å². The zero-order valence-corrected chi connectivity index (χ0v) is 10.4. The summed E-state index contributed by atoms with van der Waals surface area (Å²) in [6, 6.07) is 0.0520. The van der Waals surface area contributed by atoms with Crippen LogP contribution in [0.5, 0.6) is 0 Å². The van der Waals surface area contributed by atoms with Crippen molar-refractivity contribution in [2.75, 3.05) is 13.7 Å². The third-order valence-corrected chi connectivity index (χ3v) is 3.39. The highest BCUT2D eigenvalue weighted by Gasteiger charge is 2.20. The maximum Gasteiger partial charge on any atom is 0.327 e. The van der Waals surface area contributed by atoms with E-state index in [0.29, 0.717) is 11.2 Å². The Balaban J connectivity index is 2.57. The van der Waals surface area contributed by atoms with E-state index in [2.05, 4.69) is 4.98 Å². The zero-order chi connectivity index (χ0) is 11.7. The summed E-state index contributed by atoms with van der Waals surface area (Å²) in [6.45, 7) is 2.53. The van der Waals surface area contributed by atoms with Gasteiger partial charge in [-0.1, -0.05) is 12.2 Å². The van der Waals surface area contributed by atoms with Crippen molar-refractivity contribution in [3.05, 3.63) is 26.4 Å². The van der Waals surface area contributed by atoms with Crippen LogP contribution in [0.2, 0.25) is 0 Å². The van der Waals surface area contributed by atoms with E-state index in [-0.39, 0.29) is 11.7 Å². The van der Waals surface area contributed by atoms with Gasteiger partial charge >= 0.3 is 5.69 Å². The van der Waals surface area contributed by atoms with Crippen molar-refractivity contribution in [2.45, 2.75) is 32.2 Å². The van der Waals surface area contributed by atoms with Crippen molar-refractivity contribution in [2.24, 2.45) is 0 Å². The van der Waals surface area contributed by atoms with E-state index in [0.717, 1.165) is 30.5 Å². The molecule has 1 aromatic heterocycles. The van der Waals surface area contributed by atoms with Crippen molar-refractivity contribution < 1.29 is 4.74 Å². The lowest BCUT2D eigenvalue weighted by atomic mass is 10.2. The van der Waals surface area contributed by atoms with E-state index in [1.165, 1.54) is 0 Å². The smallest absolute Gasteiger partial charge is 0.327 e. The molecule has 0 radical (unpaired) electrons. The predicted octanol–water partition coefficient (Wildman–Crippen LogP) is 1.60. The quantitative estimate of drug-likeness (QED) is 0.816. The summed E-state index contributed by atoms with van der Waals surface area (Å²) in [5.74, 6) is 0. The number of nitrogens with one attached hydrogen (secondary N) is 1. The molecule has 0 saturated carbocycles. The summed E-state index contributed by atoms with van der Waals surface area (Å²) in [6.07, 6.45) is 3.00. The zero-order valence-electron chi connectivity index (χ0n) is 9.58. The Hall–Kier alpha value is -0.940. The molecule has 1 atom stereocenters. The standard InChI is InChI=1S/C11H16N2O2S/c1-7(6-15-2)13-9-5-3-4-8(9)10(16)12-11(13)14/h7H,3-6H2,1-2H3,(H,12,14,16)/t7-/m0/s1. The summed E-state index contributed by atoms with van der Waals surface area (Å²) in [5.41, 5.74) is 2.12. The highest BCUT2D eigenvalue weighted by molar-refractivity contribution is 7.71. The molecule has 5 heteroatoms. The van der Waals surface area contributed by atoms with Gasteiger partial charge in [0.15, 0.2) is 0 Å². The first-order valence-electron chi connectivity index (χ1n) is 5.50. The van der Waals surface area contributed by atoms with Gasteiger partial charge in [0.2, 0.25) is 0 Å². The molecular weight excluding hydrogens is 224 g/mol. The molecule has 0 amide bonds. The SMILES string of the molecule is COC[C@H](C)n1c2c(c(=S)[nH]c1=O)CCC2. The van der Waals surface area contributed by atoms with Crippen LogP contribution in [-0.4, -0.2) is 23.3 Å². The third-order valence-electron chi connectivity index (χ3n) is 3.04. The van der Waals surface area contributed by atoms with Gasteiger partial charge in [-0.15, -0.1) is 0 Å².